The van der Waals surface area contributed by atoms with Gasteiger partial charge in [0.2, 0.25) is 0 Å². The lowest BCUT2D eigenvalue weighted by molar-refractivity contribution is 0.0525. The third-order valence-electron chi connectivity index (χ3n) is 3.52. The van der Waals surface area contributed by atoms with Gasteiger partial charge in [0.05, 0.1) is 19.3 Å². The molecule has 1 unspecified atom stereocenters. The number of benzene rings is 2. The van der Waals surface area contributed by atoms with Crippen LogP contribution in [0.25, 0.3) is 0 Å². The van der Waals surface area contributed by atoms with Crippen molar-refractivity contribution in [2.45, 2.75) is 20.0 Å². The van der Waals surface area contributed by atoms with Gasteiger partial charge in [-0.1, -0.05) is 30.3 Å². The highest BCUT2D eigenvalue weighted by molar-refractivity contribution is 5.90. The van der Waals surface area contributed by atoms with Crippen LogP contribution in [0.15, 0.2) is 42.5 Å². The van der Waals surface area contributed by atoms with Gasteiger partial charge in [0.1, 0.15) is 11.9 Å². The van der Waals surface area contributed by atoms with Crippen molar-refractivity contribution in [2.24, 2.45) is 0 Å². The minimum absolute atomic E-state index is 0.314. The van der Waals surface area contributed by atoms with Crippen molar-refractivity contribution in [3.05, 3.63) is 64.7 Å². The fraction of sp³-hybridized carbons (Fsp3) is 0.278. The van der Waals surface area contributed by atoms with E-state index in [0.29, 0.717) is 23.5 Å². The SMILES string of the molecule is CCOC(=O)c1ccc(C(O)c2ccccc2C)c(OC)c1. The molecule has 1 N–H and O–H groups in total. The second-order valence-corrected chi connectivity index (χ2v) is 4.94. The van der Waals surface area contributed by atoms with Crippen LogP contribution in [0.3, 0.4) is 0 Å². The van der Waals surface area contributed by atoms with Crippen LogP contribution in [-0.2, 0) is 4.74 Å². The molecule has 0 fully saturated rings. The van der Waals surface area contributed by atoms with Gasteiger partial charge in [0.15, 0.2) is 0 Å². The summed E-state index contributed by atoms with van der Waals surface area (Å²) in [6.45, 7) is 4.01. The van der Waals surface area contributed by atoms with Crippen molar-refractivity contribution in [1.29, 1.82) is 0 Å². The number of aliphatic hydroxyl groups excluding tert-OH is 1. The topological polar surface area (TPSA) is 55.8 Å². The highest BCUT2D eigenvalue weighted by Gasteiger charge is 2.19. The predicted molar refractivity (Wildman–Crippen MR) is 84.2 cm³/mol. The highest BCUT2D eigenvalue weighted by Crippen LogP contribution is 2.32. The smallest absolute Gasteiger partial charge is 0.338 e. The van der Waals surface area contributed by atoms with Crippen LogP contribution in [0.2, 0.25) is 0 Å². The first kappa shape index (κ1) is 16.0. The van der Waals surface area contributed by atoms with Gasteiger partial charge in [0, 0.05) is 5.56 Å². The van der Waals surface area contributed by atoms with E-state index in [2.05, 4.69) is 0 Å². The Morgan fingerprint density at radius 1 is 1.18 bits per heavy atom. The molecule has 2 aromatic carbocycles. The summed E-state index contributed by atoms with van der Waals surface area (Å²) in [7, 11) is 1.51. The average Bonchev–Trinajstić information content (AvgIpc) is 2.54. The molecule has 0 aliphatic carbocycles. The molecule has 2 rings (SSSR count). The molecule has 4 nitrogen and oxygen atoms in total. The molecule has 0 bridgehead atoms. The average molecular weight is 300 g/mol. The van der Waals surface area contributed by atoms with Gasteiger partial charge in [0.25, 0.3) is 0 Å². The summed E-state index contributed by atoms with van der Waals surface area (Å²) < 4.78 is 10.3. The first-order valence-corrected chi connectivity index (χ1v) is 7.17. The van der Waals surface area contributed by atoms with Gasteiger partial charge in [-0.2, -0.15) is 0 Å². The lowest BCUT2D eigenvalue weighted by Gasteiger charge is -2.17. The van der Waals surface area contributed by atoms with E-state index < -0.39 is 12.1 Å². The van der Waals surface area contributed by atoms with E-state index in [1.54, 1.807) is 25.1 Å². The van der Waals surface area contributed by atoms with Gasteiger partial charge >= 0.3 is 5.97 Å². The number of methoxy groups -OCH3 is 1. The predicted octanol–water partition coefficient (Wildman–Crippen LogP) is 3.26. The molecule has 0 aromatic heterocycles. The maximum atomic E-state index is 11.8. The number of carbonyl (C=O) groups is 1. The number of ether oxygens (including phenoxy) is 2. The molecule has 0 spiro atoms. The Bertz CT molecular complexity index is 664. The Labute approximate surface area is 130 Å². The number of aryl methyl sites for hydroxylation is 1. The Kier molecular flexibility index (Phi) is 5.17. The van der Waals surface area contributed by atoms with Gasteiger partial charge in [-0.05, 0) is 37.1 Å². The van der Waals surface area contributed by atoms with Crippen molar-refractivity contribution < 1.29 is 19.4 Å². The standard InChI is InChI=1S/C18H20O4/c1-4-22-18(20)13-9-10-15(16(11-13)21-3)17(19)14-8-6-5-7-12(14)2/h5-11,17,19H,4H2,1-3H3. The lowest BCUT2D eigenvalue weighted by atomic mass is 9.96. The second-order valence-electron chi connectivity index (χ2n) is 4.94. The highest BCUT2D eigenvalue weighted by atomic mass is 16.5. The maximum absolute atomic E-state index is 11.8. The maximum Gasteiger partial charge on any atom is 0.338 e. The molecular formula is C18H20O4. The molecule has 22 heavy (non-hydrogen) atoms. The second kappa shape index (κ2) is 7.09. The van der Waals surface area contributed by atoms with Gasteiger partial charge in [-0.15, -0.1) is 0 Å². The summed E-state index contributed by atoms with van der Waals surface area (Å²) in [5.74, 6) is 0.0547. The molecule has 1 atom stereocenters. The van der Waals surface area contributed by atoms with E-state index in [9.17, 15) is 9.90 Å². The Hall–Kier alpha value is -2.33. The summed E-state index contributed by atoms with van der Waals surface area (Å²) in [6, 6.07) is 12.5. The summed E-state index contributed by atoms with van der Waals surface area (Å²) in [5, 5.41) is 10.6. The summed E-state index contributed by atoms with van der Waals surface area (Å²) >= 11 is 0. The van der Waals surface area contributed by atoms with Crippen molar-refractivity contribution in [3.8, 4) is 5.75 Å². The summed E-state index contributed by atoms with van der Waals surface area (Å²) in [4.78, 5) is 11.8. The lowest BCUT2D eigenvalue weighted by Crippen LogP contribution is -2.08. The van der Waals surface area contributed by atoms with Crippen LogP contribution < -0.4 is 4.74 Å². The zero-order valence-electron chi connectivity index (χ0n) is 13.0. The van der Waals surface area contributed by atoms with E-state index >= 15 is 0 Å². The zero-order chi connectivity index (χ0) is 16.1. The minimum atomic E-state index is -0.813. The quantitative estimate of drug-likeness (QED) is 0.861. The van der Waals surface area contributed by atoms with E-state index in [1.165, 1.54) is 7.11 Å². The molecule has 0 aliphatic heterocycles. The van der Waals surface area contributed by atoms with Crippen molar-refractivity contribution in [3.63, 3.8) is 0 Å². The molecule has 0 radical (unpaired) electrons. The molecule has 0 saturated heterocycles. The monoisotopic (exact) mass is 300 g/mol. The molecule has 0 amide bonds. The molecule has 4 heteroatoms. The van der Waals surface area contributed by atoms with E-state index in [-0.39, 0.29) is 0 Å². The third-order valence-corrected chi connectivity index (χ3v) is 3.52. The molecular weight excluding hydrogens is 280 g/mol. The van der Waals surface area contributed by atoms with Crippen LogP contribution in [-0.4, -0.2) is 24.8 Å². The number of rotatable bonds is 5. The van der Waals surface area contributed by atoms with Crippen molar-refractivity contribution in [1.82, 2.24) is 0 Å². The Morgan fingerprint density at radius 3 is 2.55 bits per heavy atom. The molecule has 0 aliphatic rings. The normalized spacial score (nSPS) is 11.8. The first-order valence-electron chi connectivity index (χ1n) is 7.17. The molecule has 0 heterocycles. The Morgan fingerprint density at radius 2 is 1.91 bits per heavy atom. The van der Waals surface area contributed by atoms with E-state index in [4.69, 9.17) is 9.47 Å². The minimum Gasteiger partial charge on any atom is -0.496 e. The van der Waals surface area contributed by atoms with Crippen LogP contribution in [0.4, 0.5) is 0 Å². The van der Waals surface area contributed by atoms with Crippen molar-refractivity contribution in [2.75, 3.05) is 13.7 Å². The fourth-order valence-electron chi connectivity index (χ4n) is 2.34. The van der Waals surface area contributed by atoms with Crippen molar-refractivity contribution >= 4 is 5.97 Å². The van der Waals surface area contributed by atoms with Gasteiger partial charge < -0.3 is 14.6 Å². The fourth-order valence-corrected chi connectivity index (χ4v) is 2.34. The van der Waals surface area contributed by atoms with Crippen LogP contribution in [0.5, 0.6) is 5.75 Å². The molecule has 2 aromatic rings. The van der Waals surface area contributed by atoms with E-state index in [0.717, 1.165) is 11.1 Å². The first-order chi connectivity index (χ1) is 10.6. The number of hydrogen-bond acceptors (Lipinski definition) is 4. The van der Waals surface area contributed by atoms with Crippen LogP contribution >= 0.6 is 0 Å². The van der Waals surface area contributed by atoms with Crippen LogP contribution in [0, 0.1) is 6.92 Å². The summed E-state index contributed by atoms with van der Waals surface area (Å²) in [5.41, 5.74) is 2.82. The Balaban J connectivity index is 2.39. The number of esters is 1. The largest absolute Gasteiger partial charge is 0.496 e. The zero-order valence-corrected chi connectivity index (χ0v) is 13.0. The molecule has 116 valence electrons. The van der Waals surface area contributed by atoms with Crippen LogP contribution in [0.1, 0.15) is 40.1 Å². The third kappa shape index (κ3) is 3.28. The number of carbonyl (C=O) groups excluding carboxylic acids is 1. The number of hydrogen-bond donors (Lipinski definition) is 1. The van der Waals surface area contributed by atoms with Gasteiger partial charge in [-0.3, -0.25) is 0 Å². The van der Waals surface area contributed by atoms with Gasteiger partial charge in [-0.25, -0.2) is 4.79 Å². The molecule has 0 saturated carbocycles. The number of aliphatic hydroxyl groups is 1. The summed E-state index contributed by atoms with van der Waals surface area (Å²) in [6.07, 6.45) is -0.813. The van der Waals surface area contributed by atoms with E-state index in [1.807, 2.05) is 31.2 Å².